The highest BCUT2D eigenvalue weighted by atomic mass is 16.5. The molecule has 0 radical (unpaired) electrons. The van der Waals surface area contributed by atoms with Crippen LogP contribution in [-0.4, -0.2) is 48.5 Å². The number of phenolic OH excluding ortho intramolecular Hbond substituents is 1. The molecule has 0 unspecified atom stereocenters. The number of aromatic amines is 1. The molecule has 14 nitrogen and oxygen atoms in total. The van der Waals surface area contributed by atoms with E-state index >= 15 is 0 Å². The molecule has 1 fully saturated rings. The van der Waals surface area contributed by atoms with Crippen molar-refractivity contribution in [1.29, 1.82) is 5.26 Å². The van der Waals surface area contributed by atoms with Crippen LogP contribution in [0.1, 0.15) is 72.5 Å². The van der Waals surface area contributed by atoms with Gasteiger partial charge in [0.05, 0.1) is 29.0 Å². The van der Waals surface area contributed by atoms with Gasteiger partial charge >= 0.3 is 11.9 Å². The van der Waals surface area contributed by atoms with E-state index in [2.05, 4.69) is 36.1 Å². The van der Waals surface area contributed by atoms with Crippen molar-refractivity contribution in [3.05, 3.63) is 114 Å². The maximum Gasteiger partial charge on any atom is 0.328 e. The molecule has 1 atom stereocenters. The maximum absolute atomic E-state index is 13.7. The lowest BCUT2D eigenvalue weighted by Crippen LogP contribution is -2.42. The molecule has 6 aromatic rings. The van der Waals surface area contributed by atoms with Crippen molar-refractivity contribution < 1.29 is 29.0 Å². The quantitative estimate of drug-likeness (QED) is 0.0728. The zero-order valence-corrected chi connectivity index (χ0v) is 30.5. The molecule has 284 valence electrons. The summed E-state index contributed by atoms with van der Waals surface area (Å²) >= 11 is 0. The number of pyridine rings is 1. The van der Waals surface area contributed by atoms with Gasteiger partial charge in [-0.2, -0.15) is 5.26 Å². The number of azo groups is 1. The van der Waals surface area contributed by atoms with Crippen LogP contribution in [0.4, 0.5) is 11.6 Å². The molecule has 1 aliphatic carbocycles. The lowest BCUT2D eigenvalue weighted by Gasteiger charge is -2.29. The summed E-state index contributed by atoms with van der Waals surface area (Å²) in [7, 11) is 0. The van der Waals surface area contributed by atoms with E-state index in [4.69, 9.17) is 14.5 Å². The normalized spacial score (nSPS) is 16.1. The van der Waals surface area contributed by atoms with Crippen LogP contribution in [-0.2, 0) is 32.3 Å². The van der Waals surface area contributed by atoms with Crippen LogP contribution in [0.3, 0.4) is 0 Å². The average Bonchev–Trinajstić information content (AvgIpc) is 3.86. The second kappa shape index (κ2) is 17.5. The lowest BCUT2D eigenvalue weighted by molar-refractivity contribution is -0.148. The van der Waals surface area contributed by atoms with E-state index in [1.807, 2.05) is 60.8 Å². The SMILES string of the molecule is N#CCC1CCC(n2c(/N=N/c3ccc(O)c(C(=O)N[C@H](CCC(=O)OCc4ccccc4)C(=O)OCc4ccccc4)c3)nc3cnc4[nH]ccc4c32)CC1. The Morgan fingerprint density at radius 2 is 1.66 bits per heavy atom. The number of fused-ring (bicyclic) bond motifs is 3. The molecule has 3 heterocycles. The van der Waals surface area contributed by atoms with Crippen molar-refractivity contribution in [3.63, 3.8) is 0 Å². The number of nitrogens with one attached hydrogen (secondary N) is 2. The Morgan fingerprint density at radius 3 is 2.38 bits per heavy atom. The molecule has 14 heteroatoms. The third kappa shape index (κ3) is 8.90. The van der Waals surface area contributed by atoms with Crippen molar-refractivity contribution in [3.8, 4) is 11.8 Å². The molecule has 0 aliphatic heterocycles. The van der Waals surface area contributed by atoms with Gasteiger partial charge in [0, 0.05) is 30.5 Å². The monoisotopic (exact) mass is 752 g/mol. The number of imidazole rings is 1. The van der Waals surface area contributed by atoms with Crippen LogP contribution in [0.15, 0.2) is 108 Å². The predicted molar refractivity (Wildman–Crippen MR) is 206 cm³/mol. The van der Waals surface area contributed by atoms with Crippen molar-refractivity contribution in [1.82, 2.24) is 24.8 Å². The Morgan fingerprint density at radius 1 is 0.946 bits per heavy atom. The van der Waals surface area contributed by atoms with E-state index in [9.17, 15) is 24.8 Å². The van der Waals surface area contributed by atoms with Crippen LogP contribution in [0.5, 0.6) is 5.75 Å². The maximum atomic E-state index is 13.7. The number of carbonyl (C=O) groups is 3. The summed E-state index contributed by atoms with van der Waals surface area (Å²) in [6.07, 6.45) is 7.27. The molecule has 7 rings (SSSR count). The van der Waals surface area contributed by atoms with E-state index in [1.54, 1.807) is 18.3 Å². The van der Waals surface area contributed by atoms with Gasteiger partial charge in [-0.05, 0) is 73.4 Å². The number of benzene rings is 3. The van der Waals surface area contributed by atoms with Crippen LogP contribution >= 0.6 is 0 Å². The fraction of sp³-hybridized carbons (Fsp3) is 0.286. The molecular formula is C42H40N8O6. The number of phenols is 1. The third-order valence-electron chi connectivity index (χ3n) is 9.95. The number of H-pyrrole nitrogens is 1. The van der Waals surface area contributed by atoms with Gasteiger partial charge in [-0.15, -0.1) is 10.2 Å². The number of nitriles is 1. The van der Waals surface area contributed by atoms with Gasteiger partial charge in [0.2, 0.25) is 0 Å². The molecular weight excluding hydrogens is 713 g/mol. The summed E-state index contributed by atoms with van der Waals surface area (Å²) < 4.78 is 13.0. The summed E-state index contributed by atoms with van der Waals surface area (Å²) in [5, 5.41) is 32.5. The molecule has 0 spiro atoms. The Bertz CT molecular complexity index is 2390. The molecule has 1 saturated carbocycles. The van der Waals surface area contributed by atoms with Crippen molar-refractivity contribution >= 4 is 51.5 Å². The number of hydrogen-bond donors (Lipinski definition) is 3. The second-order valence-corrected chi connectivity index (χ2v) is 13.8. The molecule has 0 saturated heterocycles. The first-order valence-corrected chi connectivity index (χ1v) is 18.5. The minimum absolute atomic E-state index is 0.0383. The number of ether oxygens (including phenoxy) is 2. The number of esters is 2. The van der Waals surface area contributed by atoms with Crippen LogP contribution < -0.4 is 5.32 Å². The second-order valence-electron chi connectivity index (χ2n) is 13.8. The highest BCUT2D eigenvalue weighted by Crippen LogP contribution is 2.40. The first-order chi connectivity index (χ1) is 27.4. The minimum Gasteiger partial charge on any atom is -0.507 e. The van der Waals surface area contributed by atoms with Gasteiger partial charge in [-0.25, -0.2) is 14.8 Å². The van der Waals surface area contributed by atoms with Gasteiger partial charge in [0.25, 0.3) is 11.9 Å². The molecule has 3 aromatic carbocycles. The van der Waals surface area contributed by atoms with Crippen LogP contribution in [0.2, 0.25) is 0 Å². The smallest absolute Gasteiger partial charge is 0.328 e. The largest absolute Gasteiger partial charge is 0.507 e. The predicted octanol–water partition coefficient (Wildman–Crippen LogP) is 8.04. The molecule has 3 aromatic heterocycles. The van der Waals surface area contributed by atoms with Gasteiger partial charge in [0.1, 0.15) is 36.2 Å². The summed E-state index contributed by atoms with van der Waals surface area (Å²) in [4.78, 5) is 52.1. The Labute approximate surface area is 322 Å². The summed E-state index contributed by atoms with van der Waals surface area (Å²) in [5.74, 6) is -1.71. The van der Waals surface area contributed by atoms with Crippen LogP contribution in [0.25, 0.3) is 22.1 Å². The van der Waals surface area contributed by atoms with Gasteiger partial charge in [-0.1, -0.05) is 60.7 Å². The Hall–Kier alpha value is -6.88. The van der Waals surface area contributed by atoms with E-state index in [-0.39, 0.29) is 49.1 Å². The Balaban J connectivity index is 1.10. The molecule has 3 N–H and O–H groups in total. The van der Waals surface area contributed by atoms with Gasteiger partial charge < -0.3 is 29.4 Å². The van der Waals surface area contributed by atoms with E-state index in [0.717, 1.165) is 53.4 Å². The number of rotatable bonds is 14. The molecule has 56 heavy (non-hydrogen) atoms. The number of carbonyl (C=O) groups excluding carboxylic acids is 3. The highest BCUT2D eigenvalue weighted by Gasteiger charge is 2.28. The summed E-state index contributed by atoms with van der Waals surface area (Å²) in [6.45, 7) is 0.0286. The lowest BCUT2D eigenvalue weighted by atomic mass is 9.84. The number of aromatic hydroxyl groups is 1. The average molecular weight is 753 g/mol. The minimum atomic E-state index is -1.23. The zero-order chi connectivity index (χ0) is 38.9. The molecule has 1 aliphatic rings. The zero-order valence-electron chi connectivity index (χ0n) is 30.5. The fourth-order valence-corrected chi connectivity index (χ4v) is 6.99. The Kier molecular flexibility index (Phi) is 11.7. The van der Waals surface area contributed by atoms with E-state index < -0.39 is 23.9 Å². The first kappa shape index (κ1) is 37.4. The third-order valence-corrected chi connectivity index (χ3v) is 9.95. The standard InChI is InChI=1S/C42H40N8O6/c43-21-19-27-11-14-31(15-12-27)50-38-32-20-22-44-39(32)45-24-35(38)47-42(50)49-48-30-13-17-36(51)33(23-30)40(53)46-34(41(54)56-26-29-9-5-2-6-10-29)16-18-37(52)55-25-28-7-3-1-4-8-28/h1-10,13,17,20,22-24,27,31,34,51H,11-12,14-16,18-19,25-26H2,(H,44,45)(H,46,53)/b49-48+/t27?,31?,34-/m1/s1. The van der Waals surface area contributed by atoms with Gasteiger partial charge in [-0.3, -0.25) is 9.59 Å². The number of nitrogens with zero attached hydrogens (tertiary/aromatic N) is 6. The van der Waals surface area contributed by atoms with E-state index in [0.29, 0.717) is 23.8 Å². The first-order valence-electron chi connectivity index (χ1n) is 18.5. The number of aromatic nitrogens is 4. The van der Waals surface area contributed by atoms with Crippen molar-refractivity contribution in [2.24, 2.45) is 16.1 Å². The van der Waals surface area contributed by atoms with Crippen LogP contribution in [0, 0.1) is 17.2 Å². The van der Waals surface area contributed by atoms with Crippen molar-refractivity contribution in [2.45, 2.75) is 70.2 Å². The van der Waals surface area contributed by atoms with Crippen molar-refractivity contribution in [2.75, 3.05) is 0 Å². The molecule has 0 bridgehead atoms. The summed E-state index contributed by atoms with van der Waals surface area (Å²) in [5.41, 5.74) is 3.92. The number of amides is 1. The summed E-state index contributed by atoms with van der Waals surface area (Å²) in [6, 6.07) is 25.5. The fourth-order valence-electron chi connectivity index (χ4n) is 6.99. The molecule has 1 amide bonds. The van der Waals surface area contributed by atoms with E-state index in [1.165, 1.54) is 18.2 Å². The van der Waals surface area contributed by atoms with Gasteiger partial charge in [0.15, 0.2) is 0 Å². The highest BCUT2D eigenvalue weighted by molar-refractivity contribution is 6.02. The topological polar surface area (TPSA) is 197 Å². The number of hydrogen-bond acceptors (Lipinski definition) is 11.